The first-order valence-electron chi connectivity index (χ1n) is 8.31. The molecule has 0 aliphatic heterocycles. The van der Waals surface area contributed by atoms with Crippen molar-refractivity contribution in [1.82, 2.24) is 10.2 Å². The number of carbonyl (C=O) groups is 1. The Balaban J connectivity index is 2.61. The molecule has 4 heteroatoms. The smallest absolute Gasteiger partial charge is 0.237 e. The number of nitrogens with two attached hydrogens (primary N) is 1. The number of nitrogens with zero attached hydrogens (tertiary/aromatic N) is 1. The van der Waals surface area contributed by atoms with Crippen LogP contribution in [0.4, 0.5) is 0 Å². The molecule has 20 heavy (non-hydrogen) atoms. The van der Waals surface area contributed by atoms with Crippen LogP contribution in [0.2, 0.25) is 0 Å². The highest BCUT2D eigenvalue weighted by atomic mass is 16.2. The quantitative estimate of drug-likeness (QED) is 0.717. The number of carbonyl (C=O) groups excluding carboxylic acids is 1. The first-order chi connectivity index (χ1) is 9.54. The molecule has 1 rings (SSSR count). The molecule has 1 aliphatic carbocycles. The van der Waals surface area contributed by atoms with Crippen LogP contribution < -0.4 is 11.1 Å². The van der Waals surface area contributed by atoms with Gasteiger partial charge in [-0.15, -0.1) is 0 Å². The standard InChI is InChI=1S/C16H33N3O/c1-5-8-12(3)18-16(20)13(4)19(6-2)15-10-7-9-14(15)11-17/h12-15H,5-11,17H2,1-4H3,(H,18,20). The number of rotatable bonds is 8. The summed E-state index contributed by atoms with van der Waals surface area (Å²) in [5.74, 6) is 0.716. The van der Waals surface area contributed by atoms with Gasteiger partial charge in [0.15, 0.2) is 0 Å². The van der Waals surface area contributed by atoms with E-state index in [1.54, 1.807) is 0 Å². The highest BCUT2D eigenvalue weighted by Gasteiger charge is 2.34. The van der Waals surface area contributed by atoms with Crippen LogP contribution in [-0.4, -0.2) is 42.0 Å². The maximum Gasteiger partial charge on any atom is 0.237 e. The van der Waals surface area contributed by atoms with Gasteiger partial charge in [0, 0.05) is 12.1 Å². The van der Waals surface area contributed by atoms with Gasteiger partial charge in [0.2, 0.25) is 5.91 Å². The van der Waals surface area contributed by atoms with E-state index in [-0.39, 0.29) is 18.0 Å². The van der Waals surface area contributed by atoms with E-state index in [0.29, 0.717) is 12.0 Å². The lowest BCUT2D eigenvalue weighted by molar-refractivity contribution is -0.127. The van der Waals surface area contributed by atoms with Gasteiger partial charge in [-0.25, -0.2) is 0 Å². The summed E-state index contributed by atoms with van der Waals surface area (Å²) < 4.78 is 0. The molecule has 1 saturated carbocycles. The van der Waals surface area contributed by atoms with Crippen LogP contribution in [0.25, 0.3) is 0 Å². The fourth-order valence-corrected chi connectivity index (χ4v) is 3.54. The second-order valence-electron chi connectivity index (χ2n) is 6.20. The first-order valence-corrected chi connectivity index (χ1v) is 8.31. The second kappa shape index (κ2) is 8.63. The molecule has 118 valence electrons. The molecule has 4 nitrogen and oxygen atoms in total. The number of likely N-dealkylation sites (N-methyl/N-ethyl adjacent to an activating group) is 1. The Morgan fingerprint density at radius 1 is 1.35 bits per heavy atom. The summed E-state index contributed by atoms with van der Waals surface area (Å²) in [6, 6.07) is 0.686. The van der Waals surface area contributed by atoms with Gasteiger partial charge in [-0.05, 0) is 52.1 Å². The molecule has 0 bridgehead atoms. The second-order valence-corrected chi connectivity index (χ2v) is 6.20. The maximum atomic E-state index is 12.4. The van der Waals surface area contributed by atoms with Crippen LogP contribution in [0, 0.1) is 5.92 Å². The lowest BCUT2D eigenvalue weighted by Gasteiger charge is -2.36. The Labute approximate surface area is 124 Å². The fourth-order valence-electron chi connectivity index (χ4n) is 3.54. The van der Waals surface area contributed by atoms with Crippen molar-refractivity contribution >= 4 is 5.91 Å². The molecule has 1 aliphatic rings. The highest BCUT2D eigenvalue weighted by Crippen LogP contribution is 2.30. The normalized spacial score (nSPS) is 25.7. The van der Waals surface area contributed by atoms with Crippen molar-refractivity contribution in [3.05, 3.63) is 0 Å². The average molecular weight is 283 g/mol. The number of hydrogen-bond donors (Lipinski definition) is 2. The SMILES string of the molecule is CCCC(C)NC(=O)C(C)N(CC)C1CCCC1CN. The summed E-state index contributed by atoms with van der Waals surface area (Å²) in [7, 11) is 0. The maximum absolute atomic E-state index is 12.4. The van der Waals surface area contributed by atoms with Crippen molar-refractivity contribution in [2.45, 2.75) is 77.9 Å². The lowest BCUT2D eigenvalue weighted by Crippen LogP contribution is -2.52. The Bertz CT molecular complexity index is 295. The molecule has 0 spiro atoms. The third-order valence-corrected chi connectivity index (χ3v) is 4.70. The summed E-state index contributed by atoms with van der Waals surface area (Å²) in [6.45, 7) is 10.1. The van der Waals surface area contributed by atoms with Crippen molar-refractivity contribution in [2.24, 2.45) is 11.7 Å². The zero-order valence-corrected chi connectivity index (χ0v) is 13.7. The van der Waals surface area contributed by atoms with Gasteiger partial charge < -0.3 is 11.1 Å². The first kappa shape index (κ1) is 17.4. The van der Waals surface area contributed by atoms with Gasteiger partial charge in [0.25, 0.3) is 0 Å². The summed E-state index contributed by atoms with van der Waals surface area (Å²) in [5.41, 5.74) is 5.89. The summed E-state index contributed by atoms with van der Waals surface area (Å²) in [6.07, 6.45) is 5.77. The van der Waals surface area contributed by atoms with E-state index in [1.165, 1.54) is 19.3 Å². The molecular weight excluding hydrogens is 250 g/mol. The monoisotopic (exact) mass is 283 g/mol. The van der Waals surface area contributed by atoms with E-state index in [2.05, 4.69) is 31.0 Å². The van der Waals surface area contributed by atoms with E-state index < -0.39 is 0 Å². The average Bonchev–Trinajstić information content (AvgIpc) is 2.87. The van der Waals surface area contributed by atoms with Gasteiger partial charge in [-0.2, -0.15) is 0 Å². The Hall–Kier alpha value is -0.610. The third-order valence-electron chi connectivity index (χ3n) is 4.70. The predicted octanol–water partition coefficient (Wildman–Crippen LogP) is 2.13. The highest BCUT2D eigenvalue weighted by molar-refractivity contribution is 5.81. The van der Waals surface area contributed by atoms with Crippen LogP contribution in [0.15, 0.2) is 0 Å². The van der Waals surface area contributed by atoms with E-state index in [9.17, 15) is 4.79 Å². The van der Waals surface area contributed by atoms with Crippen molar-refractivity contribution in [3.63, 3.8) is 0 Å². The van der Waals surface area contributed by atoms with Gasteiger partial charge in [0.05, 0.1) is 6.04 Å². The van der Waals surface area contributed by atoms with Gasteiger partial charge in [-0.1, -0.05) is 26.7 Å². The Morgan fingerprint density at radius 3 is 2.60 bits per heavy atom. The zero-order valence-electron chi connectivity index (χ0n) is 13.7. The summed E-state index contributed by atoms with van der Waals surface area (Å²) >= 11 is 0. The Kier molecular flexibility index (Phi) is 7.52. The summed E-state index contributed by atoms with van der Waals surface area (Å²) in [4.78, 5) is 14.7. The predicted molar refractivity (Wildman–Crippen MR) is 84.5 cm³/mol. The molecule has 0 radical (unpaired) electrons. The number of nitrogens with one attached hydrogen (secondary N) is 1. The third kappa shape index (κ3) is 4.45. The van der Waals surface area contributed by atoms with Crippen LogP contribution in [0.5, 0.6) is 0 Å². The zero-order chi connectivity index (χ0) is 15.1. The van der Waals surface area contributed by atoms with Crippen molar-refractivity contribution < 1.29 is 4.79 Å². The molecule has 0 saturated heterocycles. The molecule has 0 aromatic carbocycles. The van der Waals surface area contributed by atoms with Gasteiger partial charge >= 0.3 is 0 Å². The van der Waals surface area contributed by atoms with E-state index >= 15 is 0 Å². The van der Waals surface area contributed by atoms with E-state index in [4.69, 9.17) is 5.73 Å². The lowest BCUT2D eigenvalue weighted by atomic mass is 10.0. The van der Waals surface area contributed by atoms with Gasteiger partial charge in [0.1, 0.15) is 0 Å². The minimum absolute atomic E-state index is 0.0588. The minimum atomic E-state index is -0.0588. The number of amides is 1. The van der Waals surface area contributed by atoms with E-state index in [0.717, 1.165) is 25.9 Å². The van der Waals surface area contributed by atoms with Crippen LogP contribution in [-0.2, 0) is 4.79 Å². The largest absolute Gasteiger partial charge is 0.352 e. The minimum Gasteiger partial charge on any atom is -0.352 e. The fraction of sp³-hybridized carbons (Fsp3) is 0.938. The van der Waals surface area contributed by atoms with E-state index in [1.807, 2.05) is 6.92 Å². The summed E-state index contributed by atoms with van der Waals surface area (Å²) in [5, 5.41) is 3.14. The molecule has 3 N–H and O–H groups in total. The van der Waals surface area contributed by atoms with Crippen LogP contribution in [0.3, 0.4) is 0 Å². The van der Waals surface area contributed by atoms with Crippen molar-refractivity contribution in [2.75, 3.05) is 13.1 Å². The number of hydrogen-bond acceptors (Lipinski definition) is 3. The molecule has 0 aromatic rings. The molecule has 0 aromatic heterocycles. The molecule has 1 amide bonds. The molecule has 1 fully saturated rings. The van der Waals surface area contributed by atoms with Crippen molar-refractivity contribution in [3.8, 4) is 0 Å². The molecule has 0 heterocycles. The molecule has 4 unspecified atom stereocenters. The Morgan fingerprint density at radius 2 is 2.05 bits per heavy atom. The van der Waals surface area contributed by atoms with Crippen molar-refractivity contribution in [1.29, 1.82) is 0 Å². The molecular formula is C16H33N3O. The molecule has 4 atom stereocenters. The van der Waals surface area contributed by atoms with Gasteiger partial charge in [-0.3, -0.25) is 9.69 Å². The van der Waals surface area contributed by atoms with Crippen LogP contribution in [0.1, 0.15) is 59.8 Å². The van der Waals surface area contributed by atoms with Crippen LogP contribution >= 0.6 is 0 Å². The topological polar surface area (TPSA) is 58.4 Å².